The highest BCUT2D eigenvalue weighted by Crippen LogP contribution is 2.30. The molecule has 3 heteroatoms. The summed E-state index contributed by atoms with van der Waals surface area (Å²) in [6, 6.07) is 2.42. The summed E-state index contributed by atoms with van der Waals surface area (Å²) >= 11 is 0. The molecule has 102 valence electrons. The molecule has 0 bridgehead atoms. The van der Waals surface area contributed by atoms with Crippen molar-refractivity contribution in [3.63, 3.8) is 0 Å². The fourth-order valence-electron chi connectivity index (χ4n) is 2.37. The van der Waals surface area contributed by atoms with Gasteiger partial charge in [0.1, 0.15) is 5.75 Å². The zero-order chi connectivity index (χ0) is 13.4. The first-order valence-electron chi connectivity index (χ1n) is 6.97. The van der Waals surface area contributed by atoms with Crippen LogP contribution >= 0.6 is 0 Å². The van der Waals surface area contributed by atoms with Crippen LogP contribution in [0.15, 0.2) is 18.5 Å². The van der Waals surface area contributed by atoms with E-state index in [4.69, 9.17) is 4.74 Å². The summed E-state index contributed by atoms with van der Waals surface area (Å²) in [5.41, 5.74) is 1.22. The molecular weight excluding hydrogens is 224 g/mol. The highest BCUT2D eigenvalue weighted by Gasteiger charge is 2.18. The molecule has 0 amide bonds. The minimum absolute atomic E-state index is 0.359. The van der Waals surface area contributed by atoms with Crippen molar-refractivity contribution in [2.24, 2.45) is 5.92 Å². The molecular formula is C15H26N2O. The lowest BCUT2D eigenvalue weighted by atomic mass is 9.91. The largest absolute Gasteiger partial charge is 0.495 e. The third kappa shape index (κ3) is 3.98. The van der Waals surface area contributed by atoms with Gasteiger partial charge in [-0.25, -0.2) is 0 Å². The van der Waals surface area contributed by atoms with E-state index >= 15 is 0 Å². The first-order chi connectivity index (χ1) is 8.76. The van der Waals surface area contributed by atoms with Crippen molar-refractivity contribution in [2.45, 2.75) is 46.1 Å². The van der Waals surface area contributed by atoms with Crippen LogP contribution in [0.3, 0.4) is 0 Å². The fourth-order valence-corrected chi connectivity index (χ4v) is 2.37. The summed E-state index contributed by atoms with van der Waals surface area (Å²) in [4.78, 5) is 4.13. The van der Waals surface area contributed by atoms with Crippen LogP contribution in [0, 0.1) is 5.92 Å². The summed E-state index contributed by atoms with van der Waals surface area (Å²) in [5.74, 6) is 1.64. The van der Waals surface area contributed by atoms with Crippen molar-refractivity contribution in [1.82, 2.24) is 10.3 Å². The highest BCUT2D eigenvalue weighted by molar-refractivity contribution is 5.32. The van der Waals surface area contributed by atoms with Crippen LogP contribution in [0.2, 0.25) is 0 Å². The Bertz CT molecular complexity index is 337. The summed E-state index contributed by atoms with van der Waals surface area (Å²) in [7, 11) is 1.71. The summed E-state index contributed by atoms with van der Waals surface area (Å²) in [6.07, 6.45) is 7.25. The molecule has 0 radical (unpaired) electrons. The van der Waals surface area contributed by atoms with Crippen molar-refractivity contribution < 1.29 is 4.74 Å². The van der Waals surface area contributed by atoms with E-state index in [2.05, 4.69) is 37.1 Å². The van der Waals surface area contributed by atoms with Crippen LogP contribution < -0.4 is 10.1 Å². The average molecular weight is 250 g/mol. The Morgan fingerprint density at radius 1 is 1.28 bits per heavy atom. The van der Waals surface area contributed by atoms with E-state index < -0.39 is 0 Å². The molecule has 0 saturated carbocycles. The maximum Gasteiger partial charge on any atom is 0.141 e. The van der Waals surface area contributed by atoms with Gasteiger partial charge >= 0.3 is 0 Å². The van der Waals surface area contributed by atoms with Crippen LogP contribution in [0.5, 0.6) is 5.75 Å². The molecule has 3 nitrogen and oxygen atoms in total. The lowest BCUT2D eigenvalue weighted by Gasteiger charge is -2.24. The van der Waals surface area contributed by atoms with Crippen molar-refractivity contribution in [3.8, 4) is 5.75 Å². The van der Waals surface area contributed by atoms with Gasteiger partial charge in [-0.1, -0.05) is 33.6 Å². The quantitative estimate of drug-likeness (QED) is 0.766. The molecule has 0 fully saturated rings. The average Bonchev–Trinajstić information content (AvgIpc) is 2.43. The second-order valence-electron chi connectivity index (χ2n) is 4.65. The van der Waals surface area contributed by atoms with E-state index in [0.717, 1.165) is 24.6 Å². The first-order valence-corrected chi connectivity index (χ1v) is 6.97. The molecule has 1 unspecified atom stereocenters. The SMILES string of the molecule is CCNC(CC(CC)CC)c1ccncc1OC. The molecule has 1 atom stereocenters. The fraction of sp³-hybridized carbons (Fsp3) is 0.667. The second-order valence-corrected chi connectivity index (χ2v) is 4.65. The molecule has 0 spiro atoms. The zero-order valence-electron chi connectivity index (χ0n) is 12.1. The van der Waals surface area contributed by atoms with Gasteiger partial charge in [0, 0.05) is 17.8 Å². The van der Waals surface area contributed by atoms with Crippen LogP contribution in [-0.4, -0.2) is 18.6 Å². The number of pyridine rings is 1. The van der Waals surface area contributed by atoms with E-state index in [9.17, 15) is 0 Å². The van der Waals surface area contributed by atoms with E-state index in [1.807, 2.05) is 6.20 Å². The van der Waals surface area contributed by atoms with Crippen molar-refractivity contribution in [1.29, 1.82) is 0 Å². The first kappa shape index (κ1) is 15.0. The Morgan fingerprint density at radius 3 is 2.56 bits per heavy atom. The summed E-state index contributed by atoms with van der Waals surface area (Å²) < 4.78 is 5.42. The standard InChI is InChI=1S/C15H26N2O/c1-5-12(6-2)10-14(17-7-3)13-8-9-16-11-15(13)18-4/h8-9,11-12,14,17H,5-7,10H2,1-4H3. The zero-order valence-corrected chi connectivity index (χ0v) is 12.1. The summed E-state index contributed by atoms with van der Waals surface area (Å²) in [5, 5.41) is 3.56. The van der Waals surface area contributed by atoms with E-state index in [1.165, 1.54) is 18.4 Å². The van der Waals surface area contributed by atoms with Gasteiger partial charge in [-0.15, -0.1) is 0 Å². The van der Waals surface area contributed by atoms with Gasteiger partial charge in [-0.3, -0.25) is 4.98 Å². The molecule has 0 saturated heterocycles. The smallest absolute Gasteiger partial charge is 0.141 e. The molecule has 0 aliphatic heterocycles. The van der Waals surface area contributed by atoms with E-state index in [-0.39, 0.29) is 0 Å². The van der Waals surface area contributed by atoms with Gasteiger partial charge in [0.2, 0.25) is 0 Å². The minimum atomic E-state index is 0.359. The maximum atomic E-state index is 5.42. The lowest BCUT2D eigenvalue weighted by Crippen LogP contribution is -2.24. The van der Waals surface area contributed by atoms with Gasteiger partial charge < -0.3 is 10.1 Å². The number of aromatic nitrogens is 1. The molecule has 0 aliphatic carbocycles. The third-order valence-corrected chi connectivity index (χ3v) is 3.59. The third-order valence-electron chi connectivity index (χ3n) is 3.59. The second kappa shape index (κ2) is 8.09. The van der Waals surface area contributed by atoms with Gasteiger partial charge in [0.05, 0.1) is 13.3 Å². The van der Waals surface area contributed by atoms with Crippen LogP contribution in [0.1, 0.15) is 51.6 Å². The van der Waals surface area contributed by atoms with Crippen molar-refractivity contribution in [2.75, 3.05) is 13.7 Å². The molecule has 1 N–H and O–H groups in total. The molecule has 1 aromatic rings. The predicted octanol–water partition coefficient (Wildman–Crippen LogP) is 3.57. The highest BCUT2D eigenvalue weighted by atomic mass is 16.5. The van der Waals surface area contributed by atoms with Crippen molar-refractivity contribution in [3.05, 3.63) is 24.0 Å². The lowest BCUT2D eigenvalue weighted by molar-refractivity contribution is 0.355. The van der Waals surface area contributed by atoms with E-state index in [1.54, 1.807) is 13.3 Å². The number of ether oxygens (including phenoxy) is 1. The molecule has 0 aromatic carbocycles. The minimum Gasteiger partial charge on any atom is -0.495 e. The number of hydrogen-bond donors (Lipinski definition) is 1. The predicted molar refractivity (Wildman–Crippen MR) is 75.9 cm³/mol. The van der Waals surface area contributed by atoms with Crippen LogP contribution in [-0.2, 0) is 0 Å². The molecule has 1 rings (SSSR count). The Balaban J connectivity index is 2.89. The normalized spacial score (nSPS) is 12.7. The topological polar surface area (TPSA) is 34.2 Å². The monoisotopic (exact) mass is 250 g/mol. The molecule has 18 heavy (non-hydrogen) atoms. The molecule has 1 aromatic heterocycles. The Kier molecular flexibility index (Phi) is 6.73. The number of rotatable bonds is 8. The maximum absolute atomic E-state index is 5.42. The van der Waals surface area contributed by atoms with Gasteiger partial charge in [-0.2, -0.15) is 0 Å². The molecule has 1 heterocycles. The van der Waals surface area contributed by atoms with Crippen molar-refractivity contribution >= 4 is 0 Å². The number of nitrogens with zero attached hydrogens (tertiary/aromatic N) is 1. The number of hydrogen-bond acceptors (Lipinski definition) is 3. The number of nitrogens with one attached hydrogen (secondary N) is 1. The molecule has 0 aliphatic rings. The Hall–Kier alpha value is -1.09. The van der Waals surface area contributed by atoms with E-state index in [0.29, 0.717) is 6.04 Å². The summed E-state index contributed by atoms with van der Waals surface area (Å²) in [6.45, 7) is 7.64. The number of methoxy groups -OCH3 is 1. The van der Waals surface area contributed by atoms with Crippen LogP contribution in [0.25, 0.3) is 0 Å². The Labute approximate surface area is 111 Å². The van der Waals surface area contributed by atoms with Gasteiger partial charge in [0.15, 0.2) is 0 Å². The Morgan fingerprint density at radius 2 is 2.00 bits per heavy atom. The van der Waals surface area contributed by atoms with Gasteiger partial charge in [-0.05, 0) is 24.9 Å². The van der Waals surface area contributed by atoms with Gasteiger partial charge in [0.25, 0.3) is 0 Å². The van der Waals surface area contributed by atoms with Crippen LogP contribution in [0.4, 0.5) is 0 Å².